The number of hydrogen-bond acceptors (Lipinski definition) is 6. The van der Waals surface area contributed by atoms with Gasteiger partial charge >= 0.3 is 0 Å². The molecule has 0 saturated heterocycles. The summed E-state index contributed by atoms with van der Waals surface area (Å²) < 4.78 is 32.1. The molecule has 0 fully saturated rings. The maximum Gasteiger partial charge on any atom is 0.236 e. The van der Waals surface area contributed by atoms with E-state index in [2.05, 4.69) is 19.7 Å². The molecule has 0 aliphatic heterocycles. The summed E-state index contributed by atoms with van der Waals surface area (Å²) in [6, 6.07) is 3.47. The van der Waals surface area contributed by atoms with E-state index in [1.54, 1.807) is 18.3 Å². The number of nitrogens with zero attached hydrogens (tertiary/aromatic N) is 3. The zero-order chi connectivity index (χ0) is 15.5. The van der Waals surface area contributed by atoms with Crippen molar-refractivity contribution in [2.75, 3.05) is 17.6 Å². The Balaban J connectivity index is 2.27. The van der Waals surface area contributed by atoms with Crippen LogP contribution >= 0.6 is 0 Å². The highest BCUT2D eigenvalue weighted by Crippen LogP contribution is 2.18. The zero-order valence-electron chi connectivity index (χ0n) is 12.1. The fraction of sp³-hybridized carbons (Fsp3) is 0.462. The summed E-state index contributed by atoms with van der Waals surface area (Å²) in [5.41, 5.74) is 0.999. The van der Waals surface area contributed by atoms with E-state index in [9.17, 15) is 8.42 Å². The van der Waals surface area contributed by atoms with Gasteiger partial charge in [0.15, 0.2) is 5.82 Å². The third kappa shape index (κ3) is 3.85. The first kappa shape index (κ1) is 15.6. The quantitative estimate of drug-likeness (QED) is 0.867. The molecule has 21 heavy (non-hydrogen) atoms. The molecule has 2 aromatic heterocycles. The lowest BCUT2D eigenvalue weighted by molar-refractivity contribution is 0.0829. The topological polar surface area (TPSA) is 94.1 Å². The molecule has 0 amide bonds. The number of hydrogen-bond donors (Lipinski definition) is 1. The summed E-state index contributed by atoms with van der Waals surface area (Å²) in [4.78, 5) is 12.1. The Morgan fingerprint density at radius 3 is 2.71 bits per heavy atom. The molecule has 2 rings (SSSR count). The van der Waals surface area contributed by atoms with Crippen LogP contribution in [0.3, 0.4) is 0 Å². The Morgan fingerprint density at radius 2 is 2.05 bits per heavy atom. The first-order chi connectivity index (χ1) is 9.93. The molecular weight excluding hydrogens is 292 g/mol. The van der Waals surface area contributed by atoms with Crippen LogP contribution in [0.5, 0.6) is 0 Å². The van der Waals surface area contributed by atoms with E-state index in [1.807, 2.05) is 13.8 Å². The minimum absolute atomic E-state index is 0.0897. The number of rotatable bonds is 6. The summed E-state index contributed by atoms with van der Waals surface area (Å²) >= 11 is 0. The van der Waals surface area contributed by atoms with Crippen molar-refractivity contribution >= 4 is 26.9 Å². The average molecular weight is 310 g/mol. The third-order valence-corrected chi connectivity index (χ3v) is 4.35. The van der Waals surface area contributed by atoms with E-state index in [-0.39, 0.29) is 23.6 Å². The second-order valence-corrected chi connectivity index (χ2v) is 6.76. The standard InChI is InChI=1S/C13H18N4O3S/c1-9(2)11(20-3)7-21(18,19)17-13-12-10(15-8-16-13)5-4-6-14-12/h4-6,8-9,11H,7H2,1-3H3,(H,15,16,17). The smallest absolute Gasteiger partial charge is 0.236 e. The van der Waals surface area contributed by atoms with Gasteiger partial charge in [0, 0.05) is 13.3 Å². The molecule has 2 heterocycles. The van der Waals surface area contributed by atoms with Gasteiger partial charge < -0.3 is 4.74 Å². The maximum atomic E-state index is 12.2. The molecule has 1 atom stereocenters. The second-order valence-electron chi connectivity index (χ2n) is 5.00. The maximum absolute atomic E-state index is 12.2. The summed E-state index contributed by atoms with van der Waals surface area (Å²) in [6.07, 6.45) is 2.48. The van der Waals surface area contributed by atoms with Gasteiger partial charge in [-0.05, 0) is 18.1 Å². The van der Waals surface area contributed by atoms with Gasteiger partial charge in [0.2, 0.25) is 10.0 Å². The third-order valence-electron chi connectivity index (χ3n) is 3.08. The minimum atomic E-state index is -3.59. The van der Waals surface area contributed by atoms with Gasteiger partial charge in [-0.2, -0.15) is 0 Å². The lowest BCUT2D eigenvalue weighted by atomic mass is 10.1. The monoisotopic (exact) mass is 310 g/mol. The first-order valence-corrected chi connectivity index (χ1v) is 8.17. The number of anilines is 1. The van der Waals surface area contributed by atoms with Crippen LogP contribution in [0.2, 0.25) is 0 Å². The van der Waals surface area contributed by atoms with Crippen LogP contribution in [0.25, 0.3) is 11.0 Å². The number of nitrogens with one attached hydrogen (secondary N) is 1. The van der Waals surface area contributed by atoms with E-state index < -0.39 is 10.0 Å². The largest absolute Gasteiger partial charge is 0.380 e. The van der Waals surface area contributed by atoms with Crippen molar-refractivity contribution in [3.63, 3.8) is 0 Å². The molecule has 0 bridgehead atoms. The minimum Gasteiger partial charge on any atom is -0.380 e. The van der Waals surface area contributed by atoms with E-state index in [1.165, 1.54) is 13.4 Å². The van der Waals surface area contributed by atoms with Gasteiger partial charge in [-0.1, -0.05) is 13.8 Å². The molecule has 0 radical (unpaired) electrons. The lowest BCUT2D eigenvalue weighted by Gasteiger charge is -2.19. The van der Waals surface area contributed by atoms with Crippen LogP contribution in [0.4, 0.5) is 5.82 Å². The molecule has 1 unspecified atom stereocenters. The van der Waals surface area contributed by atoms with E-state index in [0.717, 1.165) is 0 Å². The van der Waals surface area contributed by atoms with Gasteiger partial charge in [-0.15, -0.1) is 0 Å². The van der Waals surface area contributed by atoms with Crippen LogP contribution in [-0.4, -0.2) is 42.3 Å². The summed E-state index contributed by atoms with van der Waals surface area (Å²) in [5.74, 6) is 0.130. The van der Waals surface area contributed by atoms with Crippen molar-refractivity contribution in [1.82, 2.24) is 15.0 Å². The summed E-state index contributed by atoms with van der Waals surface area (Å²) in [6.45, 7) is 3.82. The molecule has 0 aromatic carbocycles. The SMILES string of the molecule is COC(CS(=O)(=O)Nc1ncnc2cccnc12)C(C)C. The Hall–Kier alpha value is -1.80. The van der Waals surface area contributed by atoms with Crippen LogP contribution in [0.1, 0.15) is 13.8 Å². The Morgan fingerprint density at radius 1 is 1.29 bits per heavy atom. The fourth-order valence-electron chi connectivity index (χ4n) is 1.91. The fourth-order valence-corrected chi connectivity index (χ4v) is 3.39. The Labute approximate surface area is 123 Å². The van der Waals surface area contributed by atoms with Gasteiger partial charge in [0.05, 0.1) is 17.4 Å². The van der Waals surface area contributed by atoms with Crippen molar-refractivity contribution in [3.05, 3.63) is 24.7 Å². The first-order valence-electron chi connectivity index (χ1n) is 6.52. The second kappa shape index (κ2) is 6.31. The summed E-state index contributed by atoms with van der Waals surface area (Å²) in [7, 11) is -2.09. The number of aromatic nitrogens is 3. The Bertz CT molecular complexity index is 713. The van der Waals surface area contributed by atoms with Crippen LogP contribution in [0, 0.1) is 5.92 Å². The van der Waals surface area contributed by atoms with Crippen molar-refractivity contribution < 1.29 is 13.2 Å². The van der Waals surface area contributed by atoms with Crippen LogP contribution < -0.4 is 4.72 Å². The van der Waals surface area contributed by atoms with Gasteiger partial charge in [-0.3, -0.25) is 9.71 Å². The Kier molecular flexibility index (Phi) is 4.69. The van der Waals surface area contributed by atoms with Gasteiger partial charge in [0.25, 0.3) is 0 Å². The molecule has 0 saturated carbocycles. The zero-order valence-corrected chi connectivity index (χ0v) is 13.0. The highest BCUT2D eigenvalue weighted by atomic mass is 32.2. The number of methoxy groups -OCH3 is 1. The normalized spacial score (nSPS) is 13.5. The molecule has 7 nitrogen and oxygen atoms in total. The van der Waals surface area contributed by atoms with Crippen molar-refractivity contribution in [1.29, 1.82) is 0 Å². The average Bonchev–Trinajstić information content (AvgIpc) is 2.44. The van der Waals surface area contributed by atoms with Crippen molar-refractivity contribution in [2.45, 2.75) is 20.0 Å². The van der Waals surface area contributed by atoms with Crippen molar-refractivity contribution in [2.24, 2.45) is 5.92 Å². The molecule has 0 spiro atoms. The molecule has 0 aliphatic carbocycles. The molecule has 8 heteroatoms. The molecule has 2 aromatic rings. The number of fused-ring (bicyclic) bond motifs is 1. The van der Waals surface area contributed by atoms with Crippen LogP contribution in [0.15, 0.2) is 24.7 Å². The lowest BCUT2D eigenvalue weighted by Crippen LogP contribution is -2.31. The van der Waals surface area contributed by atoms with Gasteiger partial charge in [0.1, 0.15) is 11.8 Å². The molecule has 1 N–H and O–H groups in total. The number of ether oxygens (including phenoxy) is 1. The van der Waals surface area contributed by atoms with E-state index >= 15 is 0 Å². The number of sulfonamides is 1. The van der Waals surface area contributed by atoms with E-state index in [0.29, 0.717) is 11.0 Å². The number of pyridine rings is 1. The van der Waals surface area contributed by atoms with E-state index in [4.69, 9.17) is 4.74 Å². The molecule has 114 valence electrons. The predicted molar refractivity (Wildman–Crippen MR) is 80.4 cm³/mol. The molecular formula is C13H18N4O3S. The van der Waals surface area contributed by atoms with Crippen LogP contribution in [-0.2, 0) is 14.8 Å². The highest BCUT2D eigenvalue weighted by Gasteiger charge is 2.23. The molecule has 0 aliphatic rings. The highest BCUT2D eigenvalue weighted by molar-refractivity contribution is 7.92. The summed E-state index contributed by atoms with van der Waals surface area (Å²) in [5, 5.41) is 0. The van der Waals surface area contributed by atoms with Crippen molar-refractivity contribution in [3.8, 4) is 0 Å². The van der Waals surface area contributed by atoms with Gasteiger partial charge in [-0.25, -0.2) is 18.4 Å². The predicted octanol–water partition coefficient (Wildman–Crippen LogP) is 1.44.